The van der Waals surface area contributed by atoms with Gasteiger partial charge in [0.15, 0.2) is 0 Å². The predicted octanol–water partition coefficient (Wildman–Crippen LogP) is 2.87. The fraction of sp³-hybridized carbons (Fsp3) is 0.267. The average molecular weight is 276 g/mol. The first-order valence-corrected chi connectivity index (χ1v) is 6.68. The number of pyridine rings is 1. The topological polar surface area (TPSA) is 42.2 Å². The van der Waals surface area contributed by atoms with E-state index in [4.69, 9.17) is 17.3 Å². The molecule has 0 spiro atoms. The average Bonchev–Trinajstić information content (AvgIpc) is 2.42. The van der Waals surface area contributed by atoms with Gasteiger partial charge in [-0.2, -0.15) is 0 Å². The van der Waals surface area contributed by atoms with E-state index in [0.717, 1.165) is 29.4 Å². The second-order valence-corrected chi connectivity index (χ2v) is 4.93. The van der Waals surface area contributed by atoms with Crippen LogP contribution in [0.15, 0.2) is 42.6 Å². The summed E-state index contributed by atoms with van der Waals surface area (Å²) in [4.78, 5) is 6.49. The molecule has 2 rings (SSSR count). The number of hydrogen-bond donors (Lipinski definition) is 1. The van der Waals surface area contributed by atoms with E-state index in [9.17, 15) is 0 Å². The summed E-state index contributed by atoms with van der Waals surface area (Å²) in [5, 5.41) is 0.739. The molecule has 100 valence electrons. The third kappa shape index (κ3) is 3.69. The molecule has 0 atom stereocenters. The van der Waals surface area contributed by atoms with Crippen LogP contribution in [0.5, 0.6) is 0 Å². The molecule has 0 aliphatic rings. The molecular formula is C15H18ClN3. The summed E-state index contributed by atoms with van der Waals surface area (Å²) in [6, 6.07) is 11.9. The molecule has 1 aromatic carbocycles. The Morgan fingerprint density at radius 3 is 2.79 bits per heavy atom. The van der Waals surface area contributed by atoms with Crippen molar-refractivity contribution in [2.24, 2.45) is 5.73 Å². The van der Waals surface area contributed by atoms with Crippen LogP contribution < -0.4 is 10.6 Å². The van der Waals surface area contributed by atoms with Gasteiger partial charge in [0.2, 0.25) is 0 Å². The normalized spacial score (nSPS) is 10.5. The Hall–Kier alpha value is -1.58. The Bertz CT molecular complexity index is 528. The second-order valence-electron chi connectivity index (χ2n) is 4.49. The maximum absolute atomic E-state index is 6.09. The maximum atomic E-state index is 6.09. The predicted molar refractivity (Wildman–Crippen MR) is 80.6 cm³/mol. The number of aromatic nitrogens is 1. The molecular weight excluding hydrogens is 258 g/mol. The van der Waals surface area contributed by atoms with Gasteiger partial charge in [-0.3, -0.25) is 4.98 Å². The Morgan fingerprint density at radius 1 is 1.26 bits per heavy atom. The van der Waals surface area contributed by atoms with Crippen molar-refractivity contribution >= 4 is 17.3 Å². The smallest absolute Gasteiger partial charge is 0.0598 e. The van der Waals surface area contributed by atoms with Crippen LogP contribution in [0.25, 0.3) is 0 Å². The summed E-state index contributed by atoms with van der Waals surface area (Å²) in [7, 11) is 2.04. The first-order valence-electron chi connectivity index (χ1n) is 6.30. The monoisotopic (exact) mass is 275 g/mol. The minimum Gasteiger partial charge on any atom is -0.368 e. The first kappa shape index (κ1) is 13.8. The number of hydrogen-bond acceptors (Lipinski definition) is 3. The number of anilines is 1. The van der Waals surface area contributed by atoms with E-state index in [1.54, 1.807) is 0 Å². The third-order valence-corrected chi connectivity index (χ3v) is 3.23. The number of nitrogens with zero attached hydrogens (tertiary/aromatic N) is 2. The van der Waals surface area contributed by atoms with Gasteiger partial charge in [0.1, 0.15) is 0 Å². The van der Waals surface area contributed by atoms with E-state index in [1.807, 2.05) is 49.6 Å². The molecule has 0 saturated carbocycles. The quantitative estimate of drug-likeness (QED) is 0.912. The molecule has 4 heteroatoms. The van der Waals surface area contributed by atoms with Crippen molar-refractivity contribution in [3.8, 4) is 0 Å². The highest BCUT2D eigenvalue weighted by Crippen LogP contribution is 2.25. The van der Waals surface area contributed by atoms with Crippen LogP contribution in [0, 0.1) is 0 Å². The Labute approximate surface area is 119 Å². The van der Waals surface area contributed by atoms with E-state index in [-0.39, 0.29) is 0 Å². The van der Waals surface area contributed by atoms with Crippen molar-refractivity contribution in [1.82, 2.24) is 4.98 Å². The van der Waals surface area contributed by atoms with E-state index in [1.165, 1.54) is 5.56 Å². The van der Waals surface area contributed by atoms with E-state index in [0.29, 0.717) is 6.54 Å². The lowest BCUT2D eigenvalue weighted by molar-refractivity contribution is 0.866. The number of nitrogens with two attached hydrogens (primary N) is 1. The fourth-order valence-electron chi connectivity index (χ4n) is 2.08. The van der Waals surface area contributed by atoms with Crippen LogP contribution in [0.2, 0.25) is 5.02 Å². The van der Waals surface area contributed by atoms with Gasteiger partial charge in [-0.25, -0.2) is 0 Å². The van der Waals surface area contributed by atoms with Gasteiger partial charge >= 0.3 is 0 Å². The van der Waals surface area contributed by atoms with Crippen LogP contribution in [0.3, 0.4) is 0 Å². The van der Waals surface area contributed by atoms with Crippen LogP contribution in [0.1, 0.15) is 11.3 Å². The van der Waals surface area contributed by atoms with Crippen LogP contribution >= 0.6 is 11.6 Å². The minimum absolute atomic E-state index is 0.631. The van der Waals surface area contributed by atoms with E-state index < -0.39 is 0 Å². The lowest BCUT2D eigenvalue weighted by atomic mass is 10.1. The summed E-state index contributed by atoms with van der Waals surface area (Å²) >= 11 is 6.09. The van der Waals surface area contributed by atoms with Gasteiger partial charge in [-0.1, -0.05) is 23.7 Å². The van der Waals surface area contributed by atoms with Gasteiger partial charge in [-0.15, -0.1) is 0 Å². The molecule has 0 fully saturated rings. The first-order chi connectivity index (χ1) is 9.20. The molecule has 0 amide bonds. The molecule has 1 heterocycles. The molecule has 0 aliphatic carbocycles. The summed E-state index contributed by atoms with van der Waals surface area (Å²) in [6.07, 6.45) is 2.65. The summed E-state index contributed by atoms with van der Waals surface area (Å²) in [6.45, 7) is 1.38. The summed E-state index contributed by atoms with van der Waals surface area (Å²) in [5.41, 5.74) is 9.02. The lowest BCUT2D eigenvalue weighted by Crippen LogP contribution is -2.19. The van der Waals surface area contributed by atoms with E-state index in [2.05, 4.69) is 9.88 Å². The molecule has 3 nitrogen and oxygen atoms in total. The van der Waals surface area contributed by atoms with Crippen LogP contribution in [-0.2, 0) is 13.0 Å². The highest BCUT2D eigenvalue weighted by Gasteiger charge is 2.09. The highest BCUT2D eigenvalue weighted by atomic mass is 35.5. The van der Waals surface area contributed by atoms with Crippen molar-refractivity contribution in [2.75, 3.05) is 18.5 Å². The number of rotatable bonds is 5. The van der Waals surface area contributed by atoms with Crippen LogP contribution in [0.4, 0.5) is 5.69 Å². The van der Waals surface area contributed by atoms with E-state index >= 15 is 0 Å². The zero-order valence-electron chi connectivity index (χ0n) is 11.0. The van der Waals surface area contributed by atoms with Crippen molar-refractivity contribution in [2.45, 2.75) is 13.0 Å². The van der Waals surface area contributed by atoms with Gasteiger partial charge in [-0.05, 0) is 42.8 Å². The number of benzene rings is 1. The molecule has 1 aromatic heterocycles. The SMILES string of the molecule is CN(Cc1ccccn1)c1cc(Cl)ccc1CCN. The van der Waals surface area contributed by atoms with Crippen LogP contribution in [-0.4, -0.2) is 18.6 Å². The second kappa shape index (κ2) is 6.55. The zero-order chi connectivity index (χ0) is 13.7. The van der Waals surface area contributed by atoms with Crippen molar-refractivity contribution in [3.63, 3.8) is 0 Å². The standard InChI is InChI=1S/C15H18ClN3/c1-19(11-14-4-2-3-9-18-14)15-10-13(16)6-5-12(15)7-8-17/h2-6,9-10H,7-8,11,17H2,1H3. The minimum atomic E-state index is 0.631. The maximum Gasteiger partial charge on any atom is 0.0598 e. The molecule has 2 N–H and O–H groups in total. The molecule has 2 aromatic rings. The van der Waals surface area contributed by atoms with Gasteiger partial charge < -0.3 is 10.6 Å². The fourth-order valence-corrected chi connectivity index (χ4v) is 2.25. The van der Waals surface area contributed by atoms with Crippen molar-refractivity contribution in [3.05, 3.63) is 58.9 Å². The molecule has 0 saturated heterocycles. The number of halogens is 1. The Morgan fingerprint density at radius 2 is 2.11 bits per heavy atom. The summed E-state index contributed by atoms with van der Waals surface area (Å²) in [5.74, 6) is 0. The lowest BCUT2D eigenvalue weighted by Gasteiger charge is -2.22. The molecule has 19 heavy (non-hydrogen) atoms. The highest BCUT2D eigenvalue weighted by molar-refractivity contribution is 6.30. The van der Waals surface area contributed by atoms with Crippen molar-refractivity contribution < 1.29 is 0 Å². The molecule has 0 aliphatic heterocycles. The largest absolute Gasteiger partial charge is 0.368 e. The molecule has 0 bridgehead atoms. The molecule has 0 radical (unpaired) electrons. The van der Waals surface area contributed by atoms with Gasteiger partial charge in [0.05, 0.1) is 12.2 Å². The Kier molecular flexibility index (Phi) is 4.77. The molecule has 0 unspecified atom stereocenters. The van der Waals surface area contributed by atoms with Crippen molar-refractivity contribution in [1.29, 1.82) is 0 Å². The Balaban J connectivity index is 2.22. The van der Waals surface area contributed by atoms with Gasteiger partial charge in [0.25, 0.3) is 0 Å². The van der Waals surface area contributed by atoms with Gasteiger partial charge in [0, 0.05) is 24.0 Å². The summed E-state index contributed by atoms with van der Waals surface area (Å²) < 4.78 is 0. The third-order valence-electron chi connectivity index (χ3n) is 3.00. The zero-order valence-corrected chi connectivity index (χ0v) is 11.8.